The smallest absolute Gasteiger partial charge is 0.237 e. The number of benzene rings is 1. The predicted octanol–water partition coefficient (Wildman–Crippen LogP) is 3.78. The molecular formula is C15H14ClN5OS2. The van der Waals surface area contributed by atoms with Crippen molar-refractivity contribution in [2.45, 2.75) is 16.5 Å². The maximum absolute atomic E-state index is 12.2. The number of halogens is 1. The zero-order valence-corrected chi connectivity index (χ0v) is 15.1. The van der Waals surface area contributed by atoms with E-state index in [1.54, 1.807) is 31.2 Å². The number of aromatic nitrogens is 2. The van der Waals surface area contributed by atoms with Gasteiger partial charge in [0.1, 0.15) is 6.07 Å². The maximum Gasteiger partial charge on any atom is 0.237 e. The van der Waals surface area contributed by atoms with Crippen molar-refractivity contribution in [1.82, 2.24) is 10.2 Å². The fourth-order valence-corrected chi connectivity index (χ4v) is 3.75. The Balaban J connectivity index is 1.94. The number of rotatable bonds is 7. The van der Waals surface area contributed by atoms with Crippen molar-refractivity contribution < 1.29 is 4.79 Å². The highest BCUT2D eigenvalue weighted by molar-refractivity contribution is 8.02. The van der Waals surface area contributed by atoms with E-state index in [2.05, 4.69) is 27.4 Å². The normalized spacial score (nSPS) is 11.4. The molecule has 0 saturated heterocycles. The zero-order valence-electron chi connectivity index (χ0n) is 12.7. The Morgan fingerprint density at radius 2 is 2.38 bits per heavy atom. The molecule has 1 aromatic carbocycles. The summed E-state index contributed by atoms with van der Waals surface area (Å²) in [4.78, 5) is 12.2. The van der Waals surface area contributed by atoms with Crippen LogP contribution in [0, 0.1) is 11.3 Å². The Kier molecular flexibility index (Phi) is 6.61. The summed E-state index contributed by atoms with van der Waals surface area (Å²) < 4.78 is 0.696. The van der Waals surface area contributed by atoms with Gasteiger partial charge in [0.25, 0.3) is 0 Å². The van der Waals surface area contributed by atoms with E-state index in [9.17, 15) is 4.79 Å². The molecule has 0 aliphatic heterocycles. The number of hydrogen-bond donors (Lipinski definition) is 2. The van der Waals surface area contributed by atoms with E-state index in [0.717, 1.165) is 0 Å². The Bertz CT molecular complexity index is 786. The number of amides is 1. The van der Waals surface area contributed by atoms with Crippen molar-refractivity contribution in [3.05, 3.63) is 41.4 Å². The molecule has 1 atom stereocenters. The Morgan fingerprint density at radius 3 is 3.04 bits per heavy atom. The van der Waals surface area contributed by atoms with Crippen molar-refractivity contribution in [2.24, 2.45) is 0 Å². The van der Waals surface area contributed by atoms with Crippen LogP contribution >= 0.6 is 34.7 Å². The van der Waals surface area contributed by atoms with E-state index in [4.69, 9.17) is 16.9 Å². The van der Waals surface area contributed by atoms with Gasteiger partial charge in [-0.25, -0.2) is 0 Å². The molecule has 1 amide bonds. The number of anilines is 2. The SMILES string of the molecule is C=CCNc1nnc(S[C@H](C)C(=O)Nc2ccc(C#N)c(Cl)c2)s1. The average Bonchev–Trinajstić information content (AvgIpc) is 3.00. The lowest BCUT2D eigenvalue weighted by atomic mass is 10.2. The van der Waals surface area contributed by atoms with Gasteiger partial charge in [-0.3, -0.25) is 4.79 Å². The van der Waals surface area contributed by atoms with Gasteiger partial charge in [-0.05, 0) is 25.1 Å². The third-order valence-electron chi connectivity index (χ3n) is 2.81. The van der Waals surface area contributed by atoms with Crippen LogP contribution < -0.4 is 10.6 Å². The van der Waals surface area contributed by atoms with Gasteiger partial charge in [-0.1, -0.05) is 40.8 Å². The molecule has 1 heterocycles. The van der Waals surface area contributed by atoms with E-state index in [1.807, 2.05) is 6.07 Å². The fourth-order valence-electron chi connectivity index (χ4n) is 1.62. The fraction of sp³-hybridized carbons (Fsp3) is 0.200. The molecule has 6 nitrogen and oxygen atoms in total. The number of hydrogen-bond acceptors (Lipinski definition) is 7. The first-order chi connectivity index (χ1) is 11.5. The quantitative estimate of drug-likeness (QED) is 0.562. The number of nitrogens with zero attached hydrogens (tertiary/aromatic N) is 3. The molecule has 9 heteroatoms. The molecule has 0 fully saturated rings. The molecule has 0 spiro atoms. The van der Waals surface area contributed by atoms with Crippen LogP contribution in [0.15, 0.2) is 35.2 Å². The van der Waals surface area contributed by atoms with Crippen LogP contribution in [0.3, 0.4) is 0 Å². The molecule has 2 rings (SSSR count). The summed E-state index contributed by atoms with van der Waals surface area (Å²) >= 11 is 8.65. The summed E-state index contributed by atoms with van der Waals surface area (Å²) in [6, 6.07) is 6.73. The third kappa shape index (κ3) is 4.96. The lowest BCUT2D eigenvalue weighted by Gasteiger charge is -2.10. The van der Waals surface area contributed by atoms with E-state index >= 15 is 0 Å². The molecule has 1 aromatic heterocycles. The number of carbonyl (C=O) groups excluding carboxylic acids is 1. The number of thioether (sulfide) groups is 1. The van der Waals surface area contributed by atoms with E-state index < -0.39 is 0 Å². The second-order valence-electron chi connectivity index (χ2n) is 4.60. The summed E-state index contributed by atoms with van der Waals surface area (Å²) in [5.41, 5.74) is 0.910. The minimum atomic E-state index is -0.361. The molecule has 24 heavy (non-hydrogen) atoms. The van der Waals surface area contributed by atoms with E-state index in [1.165, 1.54) is 23.1 Å². The van der Waals surface area contributed by atoms with Gasteiger partial charge in [-0.15, -0.1) is 16.8 Å². The lowest BCUT2D eigenvalue weighted by molar-refractivity contribution is -0.115. The van der Waals surface area contributed by atoms with Crippen LogP contribution in [0.2, 0.25) is 5.02 Å². The Hall–Kier alpha value is -2.08. The largest absolute Gasteiger partial charge is 0.357 e. The highest BCUT2D eigenvalue weighted by Gasteiger charge is 2.17. The molecule has 0 bridgehead atoms. The number of carbonyl (C=O) groups is 1. The van der Waals surface area contributed by atoms with Crippen LogP contribution in [0.1, 0.15) is 12.5 Å². The Labute approximate surface area is 152 Å². The highest BCUT2D eigenvalue weighted by atomic mass is 35.5. The average molecular weight is 380 g/mol. The van der Waals surface area contributed by atoms with Crippen LogP contribution in [0.25, 0.3) is 0 Å². The summed E-state index contributed by atoms with van der Waals surface area (Å²) in [7, 11) is 0. The monoisotopic (exact) mass is 379 g/mol. The molecular weight excluding hydrogens is 366 g/mol. The van der Waals surface area contributed by atoms with Crippen LogP contribution in [-0.4, -0.2) is 27.9 Å². The van der Waals surface area contributed by atoms with Crippen LogP contribution in [0.4, 0.5) is 10.8 Å². The number of nitrogens with one attached hydrogen (secondary N) is 2. The molecule has 0 saturated carbocycles. The maximum atomic E-state index is 12.2. The minimum absolute atomic E-state index is 0.184. The third-order valence-corrected chi connectivity index (χ3v) is 5.19. The van der Waals surface area contributed by atoms with Crippen molar-refractivity contribution in [3.63, 3.8) is 0 Å². The van der Waals surface area contributed by atoms with Gasteiger partial charge in [-0.2, -0.15) is 5.26 Å². The van der Waals surface area contributed by atoms with Crippen molar-refractivity contribution in [1.29, 1.82) is 5.26 Å². The second kappa shape index (κ2) is 8.68. The highest BCUT2D eigenvalue weighted by Crippen LogP contribution is 2.29. The first kappa shape index (κ1) is 18.3. The van der Waals surface area contributed by atoms with Gasteiger partial charge in [0.2, 0.25) is 11.0 Å². The van der Waals surface area contributed by atoms with Gasteiger partial charge in [0.15, 0.2) is 4.34 Å². The van der Waals surface area contributed by atoms with Crippen molar-refractivity contribution >= 4 is 51.4 Å². The second-order valence-corrected chi connectivity index (χ2v) is 7.57. The van der Waals surface area contributed by atoms with Crippen molar-refractivity contribution in [3.8, 4) is 6.07 Å². The van der Waals surface area contributed by atoms with E-state index in [-0.39, 0.29) is 11.2 Å². The van der Waals surface area contributed by atoms with Gasteiger partial charge >= 0.3 is 0 Å². The van der Waals surface area contributed by atoms with Crippen LogP contribution in [0.5, 0.6) is 0 Å². The molecule has 0 aliphatic carbocycles. The molecule has 0 unspecified atom stereocenters. The van der Waals surface area contributed by atoms with Gasteiger partial charge in [0, 0.05) is 12.2 Å². The van der Waals surface area contributed by atoms with E-state index in [0.29, 0.717) is 32.3 Å². The molecule has 2 N–H and O–H groups in total. The summed E-state index contributed by atoms with van der Waals surface area (Å²) in [5.74, 6) is -0.184. The predicted molar refractivity (Wildman–Crippen MR) is 98.7 cm³/mol. The molecule has 0 aliphatic rings. The molecule has 0 radical (unpaired) electrons. The standard InChI is InChI=1S/C15H14ClN5OS2/c1-3-6-18-14-20-21-15(24-14)23-9(2)13(22)19-11-5-4-10(8-17)12(16)7-11/h3-5,7,9H,1,6H2,2H3,(H,18,20)(H,19,22)/t9-/m1/s1. The minimum Gasteiger partial charge on any atom is -0.357 e. The van der Waals surface area contributed by atoms with Gasteiger partial charge in [0.05, 0.1) is 15.8 Å². The molecule has 124 valence electrons. The first-order valence-corrected chi connectivity index (χ1v) is 8.96. The Morgan fingerprint density at radius 1 is 1.58 bits per heavy atom. The number of nitriles is 1. The topological polar surface area (TPSA) is 90.7 Å². The summed E-state index contributed by atoms with van der Waals surface area (Å²) in [6.07, 6.45) is 1.73. The summed E-state index contributed by atoms with van der Waals surface area (Å²) in [6.45, 7) is 6.01. The first-order valence-electron chi connectivity index (χ1n) is 6.89. The zero-order chi connectivity index (χ0) is 17.5. The lowest BCUT2D eigenvalue weighted by Crippen LogP contribution is -2.22. The summed E-state index contributed by atoms with van der Waals surface area (Å²) in [5, 5.41) is 23.3. The van der Waals surface area contributed by atoms with Crippen molar-refractivity contribution in [2.75, 3.05) is 17.2 Å². The van der Waals surface area contributed by atoms with Crippen LogP contribution in [-0.2, 0) is 4.79 Å². The van der Waals surface area contributed by atoms with Gasteiger partial charge < -0.3 is 10.6 Å². The molecule has 2 aromatic rings.